The van der Waals surface area contributed by atoms with Crippen LogP contribution in [0.25, 0.3) is 0 Å². The Bertz CT molecular complexity index is 982. The summed E-state index contributed by atoms with van der Waals surface area (Å²) in [7, 11) is 0. The molecule has 1 aromatic carbocycles. The second kappa shape index (κ2) is 8.66. The fraction of sp³-hybridized carbons (Fsp3) is 0.364. The Balaban J connectivity index is 1.64. The molecule has 1 saturated carbocycles. The van der Waals surface area contributed by atoms with Crippen molar-refractivity contribution in [1.82, 2.24) is 10.3 Å². The summed E-state index contributed by atoms with van der Waals surface area (Å²) in [5.41, 5.74) is 1.73. The van der Waals surface area contributed by atoms with Crippen LogP contribution < -0.4 is 5.32 Å². The first-order valence-electron chi connectivity index (χ1n) is 9.42. The summed E-state index contributed by atoms with van der Waals surface area (Å²) in [5.74, 6) is -0.947. The van der Waals surface area contributed by atoms with Gasteiger partial charge in [-0.05, 0) is 74.9 Å². The van der Waals surface area contributed by atoms with Gasteiger partial charge in [0.2, 0.25) is 0 Å². The third-order valence-corrected chi connectivity index (χ3v) is 6.05. The molecule has 6 nitrogen and oxygen atoms in total. The number of hydrogen-bond acceptors (Lipinski definition) is 6. The summed E-state index contributed by atoms with van der Waals surface area (Å²) in [4.78, 5) is 30.0. The number of nitrogens with zero attached hydrogens (tertiary/aromatic N) is 2. The summed E-state index contributed by atoms with van der Waals surface area (Å²) >= 11 is 1.37. The maximum atomic E-state index is 12.5. The third-order valence-electron chi connectivity index (χ3n) is 5.04. The van der Waals surface area contributed by atoms with Gasteiger partial charge in [0.15, 0.2) is 6.61 Å². The number of aromatic nitrogens is 1. The van der Waals surface area contributed by atoms with E-state index in [2.05, 4.69) is 16.4 Å². The number of nitrogens with one attached hydrogen (secondary N) is 1. The van der Waals surface area contributed by atoms with E-state index in [0.717, 1.165) is 23.3 Å². The highest BCUT2D eigenvalue weighted by molar-refractivity contribution is 7.99. The van der Waals surface area contributed by atoms with Crippen LogP contribution in [0.2, 0.25) is 0 Å². The SMILES string of the molecule is Cc1ccc(Sc2ncccc2C(=O)OCC(=O)N[C@](C)(C#N)C2CC2)cc1C. The van der Waals surface area contributed by atoms with Gasteiger partial charge < -0.3 is 10.1 Å². The zero-order valence-corrected chi connectivity index (χ0v) is 17.5. The topological polar surface area (TPSA) is 92.1 Å². The molecule has 0 unspecified atom stereocenters. The van der Waals surface area contributed by atoms with Crippen LogP contribution in [0.15, 0.2) is 46.5 Å². The normalized spacial score (nSPS) is 15.1. The van der Waals surface area contributed by atoms with E-state index in [0.29, 0.717) is 10.6 Å². The lowest BCUT2D eigenvalue weighted by Gasteiger charge is -2.22. The van der Waals surface area contributed by atoms with Crippen LogP contribution in [0.4, 0.5) is 0 Å². The van der Waals surface area contributed by atoms with E-state index in [1.807, 2.05) is 32.0 Å². The number of benzene rings is 1. The Morgan fingerprint density at radius 2 is 2.07 bits per heavy atom. The Morgan fingerprint density at radius 3 is 2.72 bits per heavy atom. The summed E-state index contributed by atoms with van der Waals surface area (Å²) in [5, 5.41) is 12.5. The van der Waals surface area contributed by atoms with Crippen molar-refractivity contribution >= 4 is 23.6 Å². The maximum absolute atomic E-state index is 12.5. The van der Waals surface area contributed by atoms with Gasteiger partial charge in [0.05, 0.1) is 11.6 Å². The molecule has 2 aromatic rings. The molecule has 1 fully saturated rings. The molecule has 0 saturated heterocycles. The molecule has 1 aliphatic carbocycles. The van der Waals surface area contributed by atoms with E-state index in [-0.39, 0.29) is 5.92 Å². The standard InChI is InChI=1S/C22H23N3O3S/c1-14-6-9-17(11-15(14)2)29-20-18(5-4-10-24-20)21(27)28-12-19(26)25-22(3,13-23)16-7-8-16/h4-6,9-11,16H,7-8,12H2,1-3H3,(H,25,26)/t22-/m1/s1. The molecule has 1 aromatic heterocycles. The zero-order valence-electron chi connectivity index (χ0n) is 16.7. The largest absolute Gasteiger partial charge is 0.452 e. The highest BCUT2D eigenvalue weighted by atomic mass is 32.2. The molecule has 1 atom stereocenters. The van der Waals surface area contributed by atoms with Crippen LogP contribution in [0.5, 0.6) is 0 Å². The Kier molecular flexibility index (Phi) is 6.23. The minimum Gasteiger partial charge on any atom is -0.452 e. The van der Waals surface area contributed by atoms with E-state index >= 15 is 0 Å². The van der Waals surface area contributed by atoms with Crippen molar-refractivity contribution in [2.75, 3.05) is 6.61 Å². The predicted molar refractivity (Wildman–Crippen MR) is 109 cm³/mol. The first-order chi connectivity index (χ1) is 13.8. The Hall–Kier alpha value is -2.85. The fourth-order valence-corrected chi connectivity index (χ4v) is 3.90. The minimum absolute atomic E-state index is 0.159. The van der Waals surface area contributed by atoms with Crippen molar-refractivity contribution in [2.45, 2.75) is 49.1 Å². The van der Waals surface area contributed by atoms with Gasteiger partial charge in [-0.3, -0.25) is 4.79 Å². The molecular weight excluding hydrogens is 386 g/mol. The molecule has 7 heteroatoms. The third kappa shape index (κ3) is 5.15. The van der Waals surface area contributed by atoms with Crippen LogP contribution in [0.3, 0.4) is 0 Å². The van der Waals surface area contributed by atoms with Crippen LogP contribution in [-0.2, 0) is 9.53 Å². The van der Waals surface area contributed by atoms with E-state index in [1.54, 1.807) is 25.3 Å². The van der Waals surface area contributed by atoms with E-state index in [9.17, 15) is 14.9 Å². The highest BCUT2D eigenvalue weighted by Gasteiger charge is 2.43. The van der Waals surface area contributed by atoms with Crippen molar-refractivity contribution in [3.63, 3.8) is 0 Å². The molecule has 29 heavy (non-hydrogen) atoms. The lowest BCUT2D eigenvalue weighted by molar-refractivity contribution is -0.125. The number of pyridine rings is 1. The number of amides is 1. The summed E-state index contributed by atoms with van der Waals surface area (Å²) in [6, 6.07) is 11.5. The molecule has 1 aliphatic rings. The average Bonchev–Trinajstić information content (AvgIpc) is 3.55. The van der Waals surface area contributed by atoms with Gasteiger partial charge in [0.25, 0.3) is 5.91 Å². The number of nitriles is 1. The number of aryl methyl sites for hydroxylation is 2. The molecule has 0 radical (unpaired) electrons. The summed E-state index contributed by atoms with van der Waals surface area (Å²) < 4.78 is 5.19. The summed E-state index contributed by atoms with van der Waals surface area (Å²) in [6.45, 7) is 5.33. The molecule has 3 rings (SSSR count). The van der Waals surface area contributed by atoms with Crippen molar-refractivity contribution < 1.29 is 14.3 Å². The second-order valence-corrected chi connectivity index (χ2v) is 8.48. The van der Waals surface area contributed by atoms with Gasteiger partial charge in [-0.1, -0.05) is 17.8 Å². The molecular formula is C22H23N3O3S. The molecule has 0 spiro atoms. The lowest BCUT2D eigenvalue weighted by atomic mass is 9.98. The van der Waals surface area contributed by atoms with Crippen LogP contribution in [-0.4, -0.2) is 29.0 Å². The monoisotopic (exact) mass is 409 g/mol. The molecule has 0 bridgehead atoms. The quantitative estimate of drug-likeness (QED) is 0.699. The van der Waals surface area contributed by atoms with Gasteiger partial charge in [-0.2, -0.15) is 5.26 Å². The highest BCUT2D eigenvalue weighted by Crippen LogP contribution is 2.39. The van der Waals surface area contributed by atoms with E-state index < -0.39 is 24.0 Å². The van der Waals surface area contributed by atoms with Gasteiger partial charge in [-0.25, -0.2) is 9.78 Å². The van der Waals surface area contributed by atoms with Crippen molar-refractivity contribution in [2.24, 2.45) is 5.92 Å². The zero-order chi connectivity index (χ0) is 21.0. The molecule has 0 aliphatic heterocycles. The smallest absolute Gasteiger partial charge is 0.341 e. The maximum Gasteiger partial charge on any atom is 0.341 e. The summed E-state index contributed by atoms with van der Waals surface area (Å²) in [6.07, 6.45) is 3.44. The number of carbonyl (C=O) groups is 2. The van der Waals surface area contributed by atoms with Crippen LogP contribution in [0, 0.1) is 31.1 Å². The second-order valence-electron chi connectivity index (χ2n) is 7.42. The predicted octanol–water partition coefficient (Wildman–Crippen LogP) is 3.81. The van der Waals surface area contributed by atoms with Crippen molar-refractivity contribution in [1.29, 1.82) is 5.26 Å². The van der Waals surface area contributed by atoms with Crippen LogP contribution >= 0.6 is 11.8 Å². The number of hydrogen-bond donors (Lipinski definition) is 1. The van der Waals surface area contributed by atoms with Gasteiger partial charge >= 0.3 is 5.97 Å². The molecule has 1 amide bonds. The first kappa shape index (κ1) is 20.9. The lowest BCUT2D eigenvalue weighted by Crippen LogP contribution is -2.48. The molecule has 1 N–H and O–H groups in total. The van der Waals surface area contributed by atoms with Crippen molar-refractivity contribution in [3.05, 3.63) is 53.2 Å². The minimum atomic E-state index is -0.915. The fourth-order valence-electron chi connectivity index (χ4n) is 2.93. The first-order valence-corrected chi connectivity index (χ1v) is 10.2. The van der Waals surface area contributed by atoms with Crippen LogP contribution in [0.1, 0.15) is 41.3 Å². The number of carbonyl (C=O) groups excluding carboxylic acids is 2. The number of rotatable bonds is 7. The molecule has 150 valence electrons. The Morgan fingerprint density at radius 1 is 1.31 bits per heavy atom. The van der Waals surface area contributed by atoms with Crippen molar-refractivity contribution in [3.8, 4) is 6.07 Å². The van der Waals surface area contributed by atoms with E-state index in [4.69, 9.17) is 4.74 Å². The van der Waals surface area contributed by atoms with E-state index in [1.165, 1.54) is 17.3 Å². The molecule has 1 heterocycles. The average molecular weight is 410 g/mol. The Labute approximate surface area is 174 Å². The number of ether oxygens (including phenoxy) is 1. The van der Waals surface area contributed by atoms with Gasteiger partial charge in [0, 0.05) is 11.1 Å². The van der Waals surface area contributed by atoms with Gasteiger partial charge in [-0.15, -0.1) is 0 Å². The van der Waals surface area contributed by atoms with Gasteiger partial charge in [0.1, 0.15) is 10.6 Å². The number of esters is 1.